The normalized spacial score (nSPS) is 20.8. The van der Waals surface area contributed by atoms with Crippen LogP contribution in [0.15, 0.2) is 48.6 Å². The SMILES string of the molecule is CC/C=C\C/C=C\C/C=C\C/C=C\C[C@H]1O[C@H]1CCCC(=O)OC. The van der Waals surface area contributed by atoms with Crippen molar-refractivity contribution in [1.82, 2.24) is 0 Å². The highest BCUT2D eigenvalue weighted by Gasteiger charge is 2.36. The smallest absolute Gasteiger partial charge is 0.305 e. The summed E-state index contributed by atoms with van der Waals surface area (Å²) < 4.78 is 10.2. The molecule has 0 spiro atoms. The van der Waals surface area contributed by atoms with Gasteiger partial charge in [-0.3, -0.25) is 4.79 Å². The predicted molar refractivity (Wildman–Crippen MR) is 99.8 cm³/mol. The van der Waals surface area contributed by atoms with E-state index < -0.39 is 0 Å². The zero-order valence-electron chi connectivity index (χ0n) is 15.2. The second-order valence-electron chi connectivity index (χ2n) is 5.92. The number of carbonyl (C=O) groups excluding carboxylic acids is 1. The van der Waals surface area contributed by atoms with Crippen molar-refractivity contribution in [2.45, 2.75) is 70.5 Å². The molecule has 0 radical (unpaired) electrons. The maximum absolute atomic E-state index is 11.0. The number of carbonyl (C=O) groups is 1. The molecule has 1 heterocycles. The van der Waals surface area contributed by atoms with Crippen LogP contribution in [0.1, 0.15) is 58.3 Å². The van der Waals surface area contributed by atoms with E-state index in [4.69, 9.17) is 4.74 Å². The number of hydrogen-bond donors (Lipinski definition) is 0. The summed E-state index contributed by atoms with van der Waals surface area (Å²) in [6.07, 6.45) is 25.7. The van der Waals surface area contributed by atoms with Crippen molar-refractivity contribution in [3.05, 3.63) is 48.6 Å². The van der Waals surface area contributed by atoms with Gasteiger partial charge in [0.15, 0.2) is 0 Å². The molecule has 0 aromatic rings. The first-order valence-corrected chi connectivity index (χ1v) is 9.10. The van der Waals surface area contributed by atoms with E-state index in [2.05, 4.69) is 60.3 Å². The van der Waals surface area contributed by atoms with Gasteiger partial charge in [0.1, 0.15) is 0 Å². The molecule has 0 aromatic heterocycles. The Bertz CT molecular complexity index is 446. The maximum atomic E-state index is 11.0. The average Bonchev–Trinajstić information content (AvgIpc) is 3.34. The van der Waals surface area contributed by atoms with E-state index in [1.807, 2.05) is 0 Å². The van der Waals surface area contributed by atoms with Crippen LogP contribution in [0.5, 0.6) is 0 Å². The summed E-state index contributed by atoms with van der Waals surface area (Å²) in [5.74, 6) is -0.133. The molecule has 1 aliphatic heterocycles. The minimum atomic E-state index is -0.133. The van der Waals surface area contributed by atoms with E-state index in [1.165, 1.54) is 7.11 Å². The van der Waals surface area contributed by atoms with E-state index in [9.17, 15) is 4.79 Å². The number of epoxide rings is 1. The van der Waals surface area contributed by atoms with Gasteiger partial charge in [-0.1, -0.05) is 55.5 Å². The second kappa shape index (κ2) is 13.8. The van der Waals surface area contributed by atoms with Crippen molar-refractivity contribution >= 4 is 5.97 Å². The van der Waals surface area contributed by atoms with Crippen molar-refractivity contribution in [3.63, 3.8) is 0 Å². The zero-order valence-corrected chi connectivity index (χ0v) is 15.2. The molecule has 0 saturated carbocycles. The fourth-order valence-corrected chi connectivity index (χ4v) is 2.40. The van der Waals surface area contributed by atoms with E-state index in [1.54, 1.807) is 0 Å². The molecule has 2 atom stereocenters. The number of allylic oxidation sites excluding steroid dienone is 7. The molecule has 0 aromatic carbocycles. The van der Waals surface area contributed by atoms with Crippen LogP contribution in [-0.4, -0.2) is 25.3 Å². The number of esters is 1. The molecular weight excluding hydrogens is 300 g/mol. The first kappa shape index (κ1) is 20.4. The van der Waals surface area contributed by atoms with Crippen LogP contribution in [0.25, 0.3) is 0 Å². The molecule has 1 rings (SSSR count). The minimum Gasteiger partial charge on any atom is -0.469 e. The minimum absolute atomic E-state index is 0.133. The van der Waals surface area contributed by atoms with Gasteiger partial charge in [0, 0.05) is 6.42 Å². The highest BCUT2D eigenvalue weighted by molar-refractivity contribution is 5.68. The van der Waals surface area contributed by atoms with Crippen LogP contribution in [0, 0.1) is 0 Å². The molecule has 0 aliphatic carbocycles. The van der Waals surface area contributed by atoms with Crippen molar-refractivity contribution in [3.8, 4) is 0 Å². The number of hydrogen-bond acceptors (Lipinski definition) is 3. The Balaban J connectivity index is 1.94. The Morgan fingerprint density at radius 1 is 0.917 bits per heavy atom. The number of rotatable bonds is 13. The van der Waals surface area contributed by atoms with Crippen molar-refractivity contribution < 1.29 is 14.3 Å². The van der Waals surface area contributed by atoms with Crippen LogP contribution in [0.2, 0.25) is 0 Å². The first-order valence-electron chi connectivity index (χ1n) is 9.10. The van der Waals surface area contributed by atoms with Crippen molar-refractivity contribution in [2.24, 2.45) is 0 Å². The standard InChI is InChI=1S/C21H32O3/c1-3-4-5-6-7-8-9-10-11-12-13-14-16-19-20(24-19)17-15-18-21(22)23-2/h4-5,7-8,10-11,13-14,19-20H,3,6,9,12,15-18H2,1-2H3/b5-4-,8-7-,11-10-,14-13-/t19-,20+/m1/s1. The quantitative estimate of drug-likeness (QED) is 0.261. The Labute approximate surface area is 147 Å². The monoisotopic (exact) mass is 332 g/mol. The summed E-state index contributed by atoms with van der Waals surface area (Å²) in [7, 11) is 1.43. The Hall–Kier alpha value is -1.61. The molecule has 0 bridgehead atoms. The second-order valence-corrected chi connectivity index (χ2v) is 5.92. The highest BCUT2D eigenvalue weighted by Crippen LogP contribution is 2.30. The fraction of sp³-hybridized carbons (Fsp3) is 0.571. The van der Waals surface area contributed by atoms with Crippen LogP contribution < -0.4 is 0 Å². The molecule has 3 nitrogen and oxygen atoms in total. The number of ether oxygens (including phenoxy) is 2. The summed E-state index contributed by atoms with van der Waals surface area (Å²) >= 11 is 0. The lowest BCUT2D eigenvalue weighted by atomic mass is 10.1. The molecule has 0 amide bonds. The Kier molecular flexibility index (Phi) is 11.7. The third kappa shape index (κ3) is 11.0. The third-order valence-corrected chi connectivity index (χ3v) is 3.87. The van der Waals surface area contributed by atoms with Gasteiger partial charge in [-0.25, -0.2) is 0 Å². The van der Waals surface area contributed by atoms with Crippen LogP contribution in [-0.2, 0) is 14.3 Å². The molecule has 0 N–H and O–H groups in total. The van der Waals surface area contributed by atoms with Gasteiger partial charge < -0.3 is 9.47 Å². The lowest BCUT2D eigenvalue weighted by molar-refractivity contribution is -0.140. The van der Waals surface area contributed by atoms with Gasteiger partial charge in [0.2, 0.25) is 0 Å². The topological polar surface area (TPSA) is 38.8 Å². The third-order valence-electron chi connectivity index (χ3n) is 3.87. The predicted octanol–water partition coefficient (Wildman–Crippen LogP) is 5.29. The molecule has 1 fully saturated rings. The molecule has 1 saturated heterocycles. The average molecular weight is 332 g/mol. The van der Waals surface area contributed by atoms with E-state index in [0.717, 1.165) is 44.9 Å². The highest BCUT2D eigenvalue weighted by atomic mass is 16.6. The Morgan fingerprint density at radius 2 is 1.50 bits per heavy atom. The fourth-order valence-electron chi connectivity index (χ4n) is 2.40. The van der Waals surface area contributed by atoms with Gasteiger partial charge in [0.25, 0.3) is 0 Å². The van der Waals surface area contributed by atoms with Gasteiger partial charge in [-0.2, -0.15) is 0 Å². The summed E-state index contributed by atoms with van der Waals surface area (Å²) in [5.41, 5.74) is 0. The molecule has 1 aliphatic rings. The van der Waals surface area contributed by atoms with E-state index >= 15 is 0 Å². The number of methoxy groups -OCH3 is 1. The molecule has 24 heavy (non-hydrogen) atoms. The lowest BCUT2D eigenvalue weighted by Gasteiger charge is -1.96. The molecule has 0 unspecified atom stereocenters. The van der Waals surface area contributed by atoms with Gasteiger partial charge in [-0.15, -0.1) is 0 Å². The van der Waals surface area contributed by atoms with Gasteiger partial charge >= 0.3 is 5.97 Å². The molecule has 3 heteroatoms. The Morgan fingerprint density at radius 3 is 2.08 bits per heavy atom. The summed E-state index contributed by atoms with van der Waals surface area (Å²) in [4.78, 5) is 11.0. The maximum Gasteiger partial charge on any atom is 0.305 e. The first-order chi connectivity index (χ1) is 11.8. The van der Waals surface area contributed by atoms with Crippen LogP contribution in [0.4, 0.5) is 0 Å². The van der Waals surface area contributed by atoms with Crippen molar-refractivity contribution in [1.29, 1.82) is 0 Å². The molecule has 134 valence electrons. The van der Waals surface area contributed by atoms with E-state index in [-0.39, 0.29) is 5.97 Å². The summed E-state index contributed by atoms with van der Waals surface area (Å²) in [5, 5.41) is 0. The summed E-state index contributed by atoms with van der Waals surface area (Å²) in [6, 6.07) is 0. The molecular formula is C21H32O3. The van der Waals surface area contributed by atoms with Crippen molar-refractivity contribution in [2.75, 3.05) is 7.11 Å². The zero-order chi connectivity index (χ0) is 17.5. The van der Waals surface area contributed by atoms with Gasteiger partial charge in [-0.05, 0) is 44.9 Å². The summed E-state index contributed by atoms with van der Waals surface area (Å²) in [6.45, 7) is 2.15. The van der Waals surface area contributed by atoms with Gasteiger partial charge in [0.05, 0.1) is 19.3 Å². The van der Waals surface area contributed by atoms with E-state index in [0.29, 0.717) is 18.6 Å². The van der Waals surface area contributed by atoms with Crippen LogP contribution in [0.3, 0.4) is 0 Å². The largest absolute Gasteiger partial charge is 0.469 e. The lowest BCUT2D eigenvalue weighted by Crippen LogP contribution is -2.01. The van der Waals surface area contributed by atoms with Crippen LogP contribution >= 0.6 is 0 Å².